The van der Waals surface area contributed by atoms with E-state index in [1.54, 1.807) is 36.4 Å². The highest BCUT2D eigenvalue weighted by molar-refractivity contribution is 7.92. The molecule has 0 bridgehead atoms. The van der Waals surface area contributed by atoms with Gasteiger partial charge in [-0.2, -0.15) is 0 Å². The third-order valence-corrected chi connectivity index (χ3v) is 10.3. The number of hydrogen-bond donors (Lipinski definition) is 1. The Hall–Kier alpha value is -3.85. The molecule has 242 valence electrons. The van der Waals surface area contributed by atoms with Crippen LogP contribution >= 0.6 is 23.2 Å². The van der Waals surface area contributed by atoms with E-state index in [9.17, 15) is 18.0 Å². The van der Waals surface area contributed by atoms with E-state index in [2.05, 4.69) is 5.32 Å². The third-order valence-electron chi connectivity index (χ3n) is 8.00. The summed E-state index contributed by atoms with van der Waals surface area (Å²) in [5, 5.41) is 3.96. The molecule has 0 aromatic heterocycles. The van der Waals surface area contributed by atoms with E-state index in [-0.39, 0.29) is 29.8 Å². The number of hydrogen-bond acceptors (Lipinski definition) is 4. The monoisotopic (exact) mass is 679 g/mol. The van der Waals surface area contributed by atoms with Crippen LogP contribution in [-0.4, -0.2) is 43.8 Å². The van der Waals surface area contributed by atoms with Gasteiger partial charge in [-0.15, -0.1) is 0 Å². The normalized spacial score (nSPS) is 12.7. The van der Waals surface area contributed by atoms with Gasteiger partial charge in [0, 0.05) is 29.1 Å². The molecule has 0 aliphatic carbocycles. The van der Waals surface area contributed by atoms with E-state index >= 15 is 0 Å². The van der Waals surface area contributed by atoms with E-state index in [0.29, 0.717) is 22.2 Å². The summed E-state index contributed by atoms with van der Waals surface area (Å²) in [6, 6.07) is 26.5. The van der Waals surface area contributed by atoms with Crippen molar-refractivity contribution in [1.82, 2.24) is 10.2 Å². The van der Waals surface area contributed by atoms with Crippen LogP contribution in [0.25, 0.3) is 0 Å². The summed E-state index contributed by atoms with van der Waals surface area (Å²) < 4.78 is 29.5. The number of halogens is 2. The zero-order chi connectivity index (χ0) is 33.4. The predicted octanol–water partition coefficient (Wildman–Crippen LogP) is 7.36. The molecule has 0 unspecified atom stereocenters. The Morgan fingerprint density at radius 2 is 1.41 bits per heavy atom. The first-order valence-corrected chi connectivity index (χ1v) is 17.3. The number of aryl methyl sites for hydroxylation is 2. The third kappa shape index (κ3) is 8.90. The molecular weight excluding hydrogens is 641 g/mol. The molecule has 2 amide bonds. The van der Waals surface area contributed by atoms with Crippen LogP contribution in [-0.2, 0) is 32.6 Å². The Morgan fingerprint density at radius 1 is 0.804 bits per heavy atom. The van der Waals surface area contributed by atoms with Crippen LogP contribution in [0.3, 0.4) is 0 Å². The molecule has 0 aliphatic heterocycles. The second-order valence-electron chi connectivity index (χ2n) is 11.4. The van der Waals surface area contributed by atoms with Gasteiger partial charge in [0.2, 0.25) is 11.8 Å². The Labute approximate surface area is 282 Å². The Balaban J connectivity index is 1.82. The van der Waals surface area contributed by atoms with E-state index in [1.165, 1.54) is 29.2 Å². The van der Waals surface area contributed by atoms with E-state index in [0.717, 1.165) is 26.6 Å². The van der Waals surface area contributed by atoms with Crippen LogP contribution in [0.5, 0.6) is 0 Å². The molecule has 0 spiro atoms. The fourth-order valence-electron chi connectivity index (χ4n) is 4.92. The number of anilines is 1. The first kappa shape index (κ1) is 35.0. The van der Waals surface area contributed by atoms with Crippen LogP contribution < -0.4 is 9.62 Å². The first-order valence-electron chi connectivity index (χ1n) is 15.1. The highest BCUT2D eigenvalue weighted by Gasteiger charge is 2.35. The van der Waals surface area contributed by atoms with Gasteiger partial charge in [0.25, 0.3) is 10.0 Å². The van der Waals surface area contributed by atoms with Crippen molar-refractivity contribution in [2.24, 2.45) is 0 Å². The van der Waals surface area contributed by atoms with E-state index in [4.69, 9.17) is 23.2 Å². The van der Waals surface area contributed by atoms with Crippen molar-refractivity contribution < 1.29 is 18.0 Å². The SMILES string of the molecule is CC[C@@H](C)NC(=O)[C@H](Cc1ccccc1)N(Cc1ccc(Cl)cc1)C(=O)CN(c1ccc(C)c(C)c1)S(=O)(=O)c1ccc(Cl)cc1. The Kier molecular flexibility index (Phi) is 11.9. The molecule has 10 heteroatoms. The lowest BCUT2D eigenvalue weighted by Crippen LogP contribution is -2.54. The number of nitrogens with zero attached hydrogens (tertiary/aromatic N) is 2. The molecule has 0 saturated heterocycles. The quantitative estimate of drug-likeness (QED) is 0.160. The van der Waals surface area contributed by atoms with Crippen molar-refractivity contribution in [2.45, 2.75) is 64.1 Å². The molecule has 46 heavy (non-hydrogen) atoms. The van der Waals surface area contributed by atoms with Crippen molar-refractivity contribution in [3.05, 3.63) is 129 Å². The smallest absolute Gasteiger partial charge is 0.264 e. The second-order valence-corrected chi connectivity index (χ2v) is 14.1. The number of benzene rings is 4. The Morgan fingerprint density at radius 3 is 2.00 bits per heavy atom. The summed E-state index contributed by atoms with van der Waals surface area (Å²) >= 11 is 12.2. The van der Waals surface area contributed by atoms with Gasteiger partial charge in [-0.05, 0) is 98.0 Å². The molecule has 1 N–H and O–H groups in total. The molecule has 0 fully saturated rings. The highest BCUT2D eigenvalue weighted by atomic mass is 35.5. The minimum atomic E-state index is -4.23. The number of carbonyl (C=O) groups is 2. The summed E-state index contributed by atoms with van der Waals surface area (Å²) in [7, 11) is -4.23. The average Bonchev–Trinajstić information content (AvgIpc) is 3.04. The first-order chi connectivity index (χ1) is 21.9. The predicted molar refractivity (Wildman–Crippen MR) is 186 cm³/mol. The lowest BCUT2D eigenvalue weighted by molar-refractivity contribution is -0.140. The number of rotatable bonds is 13. The van der Waals surface area contributed by atoms with E-state index in [1.807, 2.05) is 64.1 Å². The molecule has 4 aromatic rings. The van der Waals surface area contributed by atoms with E-state index < -0.39 is 28.5 Å². The number of nitrogens with one attached hydrogen (secondary N) is 1. The molecule has 0 saturated carbocycles. The number of amides is 2. The van der Waals surface area contributed by atoms with Gasteiger partial charge in [0.1, 0.15) is 12.6 Å². The minimum absolute atomic E-state index is 0.0115. The Bertz CT molecular complexity index is 1750. The summed E-state index contributed by atoms with van der Waals surface area (Å²) in [5.74, 6) is -0.857. The van der Waals surface area contributed by atoms with Crippen molar-refractivity contribution in [1.29, 1.82) is 0 Å². The zero-order valence-corrected chi connectivity index (χ0v) is 28.7. The van der Waals surface area contributed by atoms with Crippen LogP contribution in [0.4, 0.5) is 5.69 Å². The van der Waals surface area contributed by atoms with Gasteiger partial charge in [0.15, 0.2) is 0 Å². The molecule has 7 nitrogen and oxygen atoms in total. The van der Waals surface area contributed by atoms with Gasteiger partial charge in [0.05, 0.1) is 10.6 Å². The highest BCUT2D eigenvalue weighted by Crippen LogP contribution is 2.28. The summed E-state index contributed by atoms with van der Waals surface area (Å²) in [4.78, 5) is 30.0. The molecule has 4 rings (SSSR count). The van der Waals surface area contributed by atoms with Crippen LogP contribution in [0.1, 0.15) is 42.5 Å². The standard InChI is InChI=1S/C36H39Cl2N3O4S/c1-5-27(4)39-36(43)34(22-28-9-7-6-8-10-28)40(23-29-12-14-30(37)15-13-29)35(42)24-41(32-18-11-25(2)26(3)21-32)46(44,45)33-19-16-31(38)17-20-33/h6-21,27,34H,5,22-24H2,1-4H3,(H,39,43)/t27-,34+/m1/s1. The summed E-state index contributed by atoms with van der Waals surface area (Å²) in [6.07, 6.45) is 0.935. The van der Waals surface area contributed by atoms with Crippen molar-refractivity contribution >= 4 is 50.7 Å². The van der Waals surface area contributed by atoms with Gasteiger partial charge >= 0.3 is 0 Å². The van der Waals surface area contributed by atoms with Gasteiger partial charge in [-0.25, -0.2) is 8.42 Å². The molecule has 2 atom stereocenters. The van der Waals surface area contributed by atoms with Gasteiger partial charge in [-0.1, -0.05) is 78.7 Å². The van der Waals surface area contributed by atoms with Crippen molar-refractivity contribution in [3.8, 4) is 0 Å². The molecular formula is C36H39Cl2N3O4S. The fraction of sp³-hybridized carbons (Fsp3) is 0.278. The molecule has 0 heterocycles. The maximum atomic E-state index is 14.6. The van der Waals surface area contributed by atoms with Crippen LogP contribution in [0, 0.1) is 13.8 Å². The van der Waals surface area contributed by atoms with Gasteiger partial charge in [-0.3, -0.25) is 13.9 Å². The lowest BCUT2D eigenvalue weighted by atomic mass is 10.0. The number of carbonyl (C=O) groups excluding carboxylic acids is 2. The maximum absolute atomic E-state index is 14.6. The molecule has 0 aliphatic rings. The summed E-state index contributed by atoms with van der Waals surface area (Å²) in [5.41, 5.74) is 3.79. The van der Waals surface area contributed by atoms with Crippen LogP contribution in [0.15, 0.2) is 102 Å². The van der Waals surface area contributed by atoms with Crippen LogP contribution in [0.2, 0.25) is 10.0 Å². The zero-order valence-electron chi connectivity index (χ0n) is 26.4. The average molecular weight is 681 g/mol. The fourth-order valence-corrected chi connectivity index (χ4v) is 6.58. The topological polar surface area (TPSA) is 86.8 Å². The maximum Gasteiger partial charge on any atom is 0.264 e. The summed E-state index contributed by atoms with van der Waals surface area (Å²) in [6.45, 7) is 7.21. The minimum Gasteiger partial charge on any atom is -0.352 e. The molecule has 0 radical (unpaired) electrons. The van der Waals surface area contributed by atoms with Crippen molar-refractivity contribution in [2.75, 3.05) is 10.8 Å². The van der Waals surface area contributed by atoms with Crippen molar-refractivity contribution in [3.63, 3.8) is 0 Å². The number of sulfonamides is 1. The second kappa shape index (κ2) is 15.6. The van der Waals surface area contributed by atoms with Gasteiger partial charge < -0.3 is 10.2 Å². The molecule has 4 aromatic carbocycles. The lowest BCUT2D eigenvalue weighted by Gasteiger charge is -2.34. The largest absolute Gasteiger partial charge is 0.352 e.